The molecule has 6 nitrogen and oxygen atoms in total. The van der Waals surface area contributed by atoms with Crippen LogP contribution < -0.4 is 10.1 Å². The second-order valence-electron chi connectivity index (χ2n) is 7.26. The van der Waals surface area contributed by atoms with Gasteiger partial charge in [-0.1, -0.05) is 30.3 Å². The standard InChI is InChI=1S/C24H28N2O4/c1-17(2)29-24(27)25-14-12-19-8-7-11-21(16-19)28-15-13-22-18(3)30-23(26-22)20-9-5-4-6-10-20/h4-11,16-17H,12-15H2,1-3H3,(H,25,27). The fourth-order valence-electron chi connectivity index (χ4n) is 2.99. The van der Waals surface area contributed by atoms with Crippen LogP contribution in [0.3, 0.4) is 0 Å². The van der Waals surface area contributed by atoms with Crippen molar-refractivity contribution in [1.29, 1.82) is 0 Å². The largest absolute Gasteiger partial charge is 0.493 e. The van der Waals surface area contributed by atoms with E-state index in [9.17, 15) is 4.79 Å². The number of nitrogens with zero attached hydrogens (tertiary/aromatic N) is 1. The summed E-state index contributed by atoms with van der Waals surface area (Å²) in [6.45, 7) is 6.58. The number of rotatable bonds is 9. The van der Waals surface area contributed by atoms with Gasteiger partial charge in [0, 0.05) is 18.5 Å². The Labute approximate surface area is 177 Å². The smallest absolute Gasteiger partial charge is 0.407 e. The highest BCUT2D eigenvalue weighted by atomic mass is 16.6. The zero-order chi connectivity index (χ0) is 21.3. The molecule has 0 fully saturated rings. The Bertz CT molecular complexity index is 951. The van der Waals surface area contributed by atoms with E-state index >= 15 is 0 Å². The highest BCUT2D eigenvalue weighted by molar-refractivity contribution is 5.67. The number of nitrogens with one attached hydrogen (secondary N) is 1. The van der Waals surface area contributed by atoms with Gasteiger partial charge in [0.05, 0.1) is 18.4 Å². The minimum Gasteiger partial charge on any atom is -0.493 e. The fourth-order valence-corrected chi connectivity index (χ4v) is 2.99. The van der Waals surface area contributed by atoms with Crippen LogP contribution >= 0.6 is 0 Å². The maximum Gasteiger partial charge on any atom is 0.407 e. The molecule has 3 aromatic rings. The van der Waals surface area contributed by atoms with Gasteiger partial charge in [-0.2, -0.15) is 0 Å². The topological polar surface area (TPSA) is 73.6 Å². The Morgan fingerprint density at radius 2 is 1.90 bits per heavy atom. The molecule has 1 heterocycles. The molecule has 0 unspecified atom stereocenters. The van der Waals surface area contributed by atoms with Gasteiger partial charge >= 0.3 is 6.09 Å². The summed E-state index contributed by atoms with van der Waals surface area (Å²) in [5.74, 6) is 2.24. The molecular formula is C24H28N2O4. The molecule has 0 bridgehead atoms. The predicted molar refractivity (Wildman–Crippen MR) is 116 cm³/mol. The fraction of sp³-hybridized carbons (Fsp3) is 0.333. The molecule has 0 saturated carbocycles. The first kappa shape index (κ1) is 21.4. The van der Waals surface area contributed by atoms with E-state index in [2.05, 4.69) is 10.3 Å². The number of amides is 1. The number of oxazole rings is 1. The van der Waals surface area contributed by atoms with Crippen LogP contribution in [-0.2, 0) is 17.6 Å². The number of hydrogen-bond donors (Lipinski definition) is 1. The van der Waals surface area contributed by atoms with Crippen molar-refractivity contribution in [1.82, 2.24) is 10.3 Å². The molecule has 0 aliphatic heterocycles. The number of hydrogen-bond acceptors (Lipinski definition) is 5. The van der Waals surface area contributed by atoms with Gasteiger partial charge in [0.1, 0.15) is 11.5 Å². The van der Waals surface area contributed by atoms with E-state index in [1.165, 1.54) is 0 Å². The van der Waals surface area contributed by atoms with Crippen LogP contribution in [0.4, 0.5) is 4.79 Å². The van der Waals surface area contributed by atoms with Gasteiger partial charge in [0.15, 0.2) is 0 Å². The zero-order valence-corrected chi connectivity index (χ0v) is 17.7. The van der Waals surface area contributed by atoms with Crippen molar-refractivity contribution in [3.05, 3.63) is 71.6 Å². The zero-order valence-electron chi connectivity index (χ0n) is 17.7. The normalized spacial score (nSPS) is 10.8. The SMILES string of the molecule is Cc1oc(-c2ccccc2)nc1CCOc1cccc(CCNC(=O)OC(C)C)c1. The third-order valence-corrected chi connectivity index (χ3v) is 4.45. The van der Waals surface area contributed by atoms with Crippen molar-refractivity contribution < 1.29 is 18.7 Å². The molecule has 1 aromatic heterocycles. The second-order valence-corrected chi connectivity index (χ2v) is 7.26. The molecule has 30 heavy (non-hydrogen) atoms. The van der Waals surface area contributed by atoms with E-state index < -0.39 is 6.09 Å². The minimum absolute atomic E-state index is 0.126. The van der Waals surface area contributed by atoms with Crippen LogP contribution in [0.5, 0.6) is 5.75 Å². The quantitative estimate of drug-likeness (QED) is 0.542. The van der Waals surface area contributed by atoms with Gasteiger partial charge in [-0.05, 0) is 57.0 Å². The number of ether oxygens (including phenoxy) is 2. The molecule has 0 atom stereocenters. The Morgan fingerprint density at radius 1 is 1.10 bits per heavy atom. The summed E-state index contributed by atoms with van der Waals surface area (Å²) < 4.78 is 16.8. The summed E-state index contributed by atoms with van der Waals surface area (Å²) in [4.78, 5) is 16.1. The first-order valence-corrected chi connectivity index (χ1v) is 10.2. The highest BCUT2D eigenvalue weighted by Gasteiger charge is 2.11. The summed E-state index contributed by atoms with van der Waals surface area (Å²) in [5.41, 5.74) is 2.95. The molecule has 1 N–H and O–H groups in total. The van der Waals surface area contributed by atoms with E-state index in [-0.39, 0.29) is 6.10 Å². The van der Waals surface area contributed by atoms with E-state index in [1.54, 1.807) is 0 Å². The molecular weight excluding hydrogens is 380 g/mol. The first-order chi connectivity index (χ1) is 14.5. The number of alkyl carbamates (subject to hydrolysis) is 1. The second kappa shape index (κ2) is 10.5. The Kier molecular flexibility index (Phi) is 7.49. The number of aromatic nitrogens is 1. The molecule has 2 aromatic carbocycles. The molecule has 0 spiro atoms. The van der Waals surface area contributed by atoms with Crippen LogP contribution in [0.2, 0.25) is 0 Å². The summed E-state index contributed by atoms with van der Waals surface area (Å²) in [7, 11) is 0. The van der Waals surface area contributed by atoms with Crippen molar-refractivity contribution in [2.24, 2.45) is 0 Å². The van der Waals surface area contributed by atoms with Crippen LogP contribution in [0.25, 0.3) is 11.5 Å². The van der Waals surface area contributed by atoms with Crippen molar-refractivity contribution >= 4 is 6.09 Å². The molecule has 1 amide bonds. The number of carbonyl (C=O) groups is 1. The lowest BCUT2D eigenvalue weighted by molar-refractivity contribution is 0.116. The van der Waals surface area contributed by atoms with Gasteiger partial charge in [-0.15, -0.1) is 0 Å². The van der Waals surface area contributed by atoms with E-state index in [1.807, 2.05) is 75.4 Å². The summed E-state index contributed by atoms with van der Waals surface area (Å²) in [5, 5.41) is 2.75. The predicted octanol–water partition coefficient (Wildman–Crippen LogP) is 4.95. The minimum atomic E-state index is -0.393. The molecule has 3 rings (SSSR count). The van der Waals surface area contributed by atoms with Gasteiger partial charge < -0.3 is 19.2 Å². The summed E-state index contributed by atoms with van der Waals surface area (Å²) in [6.07, 6.45) is 0.844. The molecule has 0 aliphatic rings. The lowest BCUT2D eigenvalue weighted by atomic mass is 10.1. The molecule has 6 heteroatoms. The monoisotopic (exact) mass is 408 g/mol. The van der Waals surface area contributed by atoms with E-state index in [4.69, 9.17) is 13.9 Å². The van der Waals surface area contributed by atoms with Crippen LogP contribution in [-0.4, -0.2) is 30.3 Å². The molecule has 0 saturated heterocycles. The highest BCUT2D eigenvalue weighted by Crippen LogP contribution is 2.22. The number of carbonyl (C=O) groups excluding carboxylic acids is 1. The Hall–Kier alpha value is -3.28. The maximum atomic E-state index is 11.5. The van der Waals surface area contributed by atoms with Crippen molar-refractivity contribution in [2.75, 3.05) is 13.2 Å². The van der Waals surface area contributed by atoms with Gasteiger partial charge in [0.25, 0.3) is 0 Å². The van der Waals surface area contributed by atoms with E-state index in [0.29, 0.717) is 31.9 Å². The Morgan fingerprint density at radius 3 is 2.67 bits per heavy atom. The van der Waals surface area contributed by atoms with Crippen LogP contribution in [0, 0.1) is 6.92 Å². The van der Waals surface area contributed by atoms with Gasteiger partial charge in [-0.3, -0.25) is 0 Å². The van der Waals surface area contributed by atoms with Crippen LogP contribution in [0.15, 0.2) is 59.0 Å². The summed E-state index contributed by atoms with van der Waals surface area (Å²) >= 11 is 0. The third kappa shape index (κ3) is 6.37. The Balaban J connectivity index is 1.48. The lowest BCUT2D eigenvalue weighted by Crippen LogP contribution is -2.28. The first-order valence-electron chi connectivity index (χ1n) is 10.2. The summed E-state index contributed by atoms with van der Waals surface area (Å²) in [6, 6.07) is 17.7. The third-order valence-electron chi connectivity index (χ3n) is 4.45. The van der Waals surface area contributed by atoms with Crippen LogP contribution in [0.1, 0.15) is 30.9 Å². The average molecular weight is 408 g/mol. The number of benzene rings is 2. The molecule has 0 radical (unpaired) electrons. The van der Waals surface area contributed by atoms with E-state index in [0.717, 1.165) is 28.3 Å². The van der Waals surface area contributed by atoms with Crippen molar-refractivity contribution in [2.45, 2.75) is 39.7 Å². The lowest BCUT2D eigenvalue weighted by Gasteiger charge is -2.10. The molecule has 0 aliphatic carbocycles. The average Bonchev–Trinajstić information content (AvgIpc) is 3.09. The van der Waals surface area contributed by atoms with Crippen molar-refractivity contribution in [3.63, 3.8) is 0 Å². The van der Waals surface area contributed by atoms with Gasteiger partial charge in [0.2, 0.25) is 5.89 Å². The van der Waals surface area contributed by atoms with Crippen molar-refractivity contribution in [3.8, 4) is 17.2 Å². The number of aryl methyl sites for hydroxylation is 1. The van der Waals surface area contributed by atoms with Gasteiger partial charge in [-0.25, -0.2) is 9.78 Å². The molecule has 158 valence electrons. The maximum absolute atomic E-state index is 11.5.